The fourth-order valence-electron chi connectivity index (χ4n) is 2.31. The zero-order chi connectivity index (χ0) is 18.6. The number of ether oxygens (including phenoxy) is 1. The summed E-state index contributed by atoms with van der Waals surface area (Å²) in [7, 11) is -3.11. The molecule has 0 aromatic heterocycles. The molecule has 2 amide bonds. The Morgan fingerprint density at radius 1 is 1.32 bits per heavy atom. The first kappa shape index (κ1) is 19.1. The van der Waals surface area contributed by atoms with Crippen LogP contribution in [0, 0.1) is 11.6 Å². The summed E-state index contributed by atoms with van der Waals surface area (Å²) in [6.07, 6.45) is -0.693. The van der Waals surface area contributed by atoms with Crippen LogP contribution < -0.4 is 15.4 Å². The molecule has 0 radical (unpaired) electrons. The molecule has 2 unspecified atom stereocenters. The molecule has 0 saturated carbocycles. The van der Waals surface area contributed by atoms with Crippen LogP contribution in [-0.4, -0.2) is 50.4 Å². The van der Waals surface area contributed by atoms with E-state index in [-0.39, 0.29) is 23.8 Å². The van der Waals surface area contributed by atoms with E-state index in [2.05, 4.69) is 10.6 Å². The van der Waals surface area contributed by atoms with Gasteiger partial charge in [0.05, 0.1) is 18.1 Å². The summed E-state index contributed by atoms with van der Waals surface area (Å²) in [4.78, 5) is 23.6. The number of benzene rings is 1. The molecule has 1 aliphatic heterocycles. The van der Waals surface area contributed by atoms with Crippen LogP contribution in [0.2, 0.25) is 0 Å². The van der Waals surface area contributed by atoms with Crippen LogP contribution in [0.1, 0.15) is 13.3 Å². The Bertz CT molecular complexity index is 769. The smallest absolute Gasteiger partial charge is 0.261 e. The van der Waals surface area contributed by atoms with Gasteiger partial charge in [-0.05, 0) is 25.5 Å². The lowest BCUT2D eigenvalue weighted by Crippen LogP contribution is -2.45. The quantitative estimate of drug-likeness (QED) is 0.736. The van der Waals surface area contributed by atoms with Crippen LogP contribution >= 0.6 is 0 Å². The van der Waals surface area contributed by atoms with Gasteiger partial charge in [-0.25, -0.2) is 17.2 Å². The van der Waals surface area contributed by atoms with E-state index >= 15 is 0 Å². The fourth-order valence-corrected chi connectivity index (χ4v) is 3.98. The lowest BCUT2D eigenvalue weighted by Gasteiger charge is -2.15. The molecule has 7 nitrogen and oxygen atoms in total. The standard InChI is InChI=1S/C15H18F2N2O5S/c1-9(24-11-2-3-12(16)13(17)6-11)15(21)18-7-14(20)19-10-4-5-25(22,23)8-10/h2-3,6,9-10H,4-5,7-8H2,1H3,(H,18,21)(H,19,20). The lowest BCUT2D eigenvalue weighted by molar-refractivity contribution is -0.130. The van der Waals surface area contributed by atoms with Crippen LogP contribution in [0.5, 0.6) is 5.75 Å². The van der Waals surface area contributed by atoms with Crippen LogP contribution in [0.25, 0.3) is 0 Å². The van der Waals surface area contributed by atoms with Gasteiger partial charge in [0, 0.05) is 12.1 Å². The molecular formula is C15H18F2N2O5S. The van der Waals surface area contributed by atoms with Crippen molar-refractivity contribution in [2.45, 2.75) is 25.5 Å². The summed E-state index contributed by atoms with van der Waals surface area (Å²) in [5, 5.41) is 4.86. The van der Waals surface area contributed by atoms with Gasteiger partial charge in [-0.15, -0.1) is 0 Å². The first-order chi connectivity index (χ1) is 11.7. The molecule has 1 aliphatic rings. The number of nitrogens with one attached hydrogen (secondary N) is 2. The Hall–Kier alpha value is -2.23. The zero-order valence-corrected chi connectivity index (χ0v) is 14.2. The number of carbonyl (C=O) groups is 2. The first-order valence-electron chi connectivity index (χ1n) is 7.55. The second kappa shape index (κ2) is 7.77. The van der Waals surface area contributed by atoms with Crippen molar-refractivity contribution in [2.75, 3.05) is 18.1 Å². The molecule has 0 spiro atoms. The van der Waals surface area contributed by atoms with Gasteiger partial charge < -0.3 is 15.4 Å². The Kier molecular flexibility index (Phi) is 5.93. The van der Waals surface area contributed by atoms with E-state index in [4.69, 9.17) is 4.74 Å². The fraction of sp³-hybridized carbons (Fsp3) is 0.467. The Morgan fingerprint density at radius 3 is 2.64 bits per heavy atom. The minimum atomic E-state index is -3.11. The molecule has 138 valence electrons. The number of rotatable bonds is 6. The van der Waals surface area contributed by atoms with Gasteiger partial charge >= 0.3 is 0 Å². The number of amides is 2. The number of carbonyl (C=O) groups excluding carboxylic acids is 2. The molecule has 1 aromatic carbocycles. The molecule has 0 bridgehead atoms. The highest BCUT2D eigenvalue weighted by atomic mass is 32.2. The molecule has 1 heterocycles. The number of halogens is 2. The van der Waals surface area contributed by atoms with Gasteiger partial charge in [-0.1, -0.05) is 0 Å². The average Bonchev–Trinajstić information content (AvgIpc) is 2.87. The Balaban J connectivity index is 1.77. The zero-order valence-electron chi connectivity index (χ0n) is 13.4. The summed E-state index contributed by atoms with van der Waals surface area (Å²) >= 11 is 0. The van der Waals surface area contributed by atoms with Gasteiger partial charge in [-0.3, -0.25) is 9.59 Å². The van der Waals surface area contributed by atoms with Gasteiger partial charge in [0.1, 0.15) is 5.75 Å². The summed E-state index contributed by atoms with van der Waals surface area (Å²) in [6.45, 7) is 1.04. The summed E-state index contributed by atoms with van der Waals surface area (Å²) in [5.74, 6) is -3.38. The summed E-state index contributed by atoms with van der Waals surface area (Å²) < 4.78 is 53.7. The molecule has 1 aromatic rings. The van der Waals surface area contributed by atoms with E-state index in [1.807, 2.05) is 0 Å². The van der Waals surface area contributed by atoms with Crippen molar-refractivity contribution in [3.63, 3.8) is 0 Å². The largest absolute Gasteiger partial charge is 0.481 e. The molecular weight excluding hydrogens is 358 g/mol. The maximum absolute atomic E-state index is 13.1. The third-order valence-corrected chi connectivity index (χ3v) is 5.36. The highest BCUT2D eigenvalue weighted by Crippen LogP contribution is 2.16. The predicted octanol–water partition coefficient (Wildman–Crippen LogP) is 0.152. The molecule has 25 heavy (non-hydrogen) atoms. The maximum atomic E-state index is 13.1. The lowest BCUT2D eigenvalue weighted by atomic mass is 10.2. The van der Waals surface area contributed by atoms with E-state index in [1.54, 1.807) is 0 Å². The van der Waals surface area contributed by atoms with E-state index < -0.39 is 45.4 Å². The van der Waals surface area contributed by atoms with Gasteiger partial charge in [0.2, 0.25) is 5.91 Å². The molecule has 2 N–H and O–H groups in total. The number of hydrogen-bond donors (Lipinski definition) is 2. The van der Waals surface area contributed by atoms with Crippen molar-refractivity contribution in [1.82, 2.24) is 10.6 Å². The topological polar surface area (TPSA) is 102 Å². The van der Waals surface area contributed by atoms with Crippen LogP contribution in [0.4, 0.5) is 8.78 Å². The van der Waals surface area contributed by atoms with Crippen molar-refractivity contribution in [3.05, 3.63) is 29.8 Å². The van der Waals surface area contributed by atoms with Crippen LogP contribution in [-0.2, 0) is 19.4 Å². The maximum Gasteiger partial charge on any atom is 0.261 e. The highest BCUT2D eigenvalue weighted by Gasteiger charge is 2.29. The number of hydrogen-bond acceptors (Lipinski definition) is 5. The van der Waals surface area contributed by atoms with E-state index in [1.165, 1.54) is 13.0 Å². The average molecular weight is 376 g/mol. The molecule has 2 atom stereocenters. The van der Waals surface area contributed by atoms with E-state index in [9.17, 15) is 26.8 Å². The second-order valence-electron chi connectivity index (χ2n) is 5.72. The highest BCUT2D eigenvalue weighted by molar-refractivity contribution is 7.91. The second-order valence-corrected chi connectivity index (χ2v) is 7.95. The van der Waals surface area contributed by atoms with Crippen molar-refractivity contribution in [2.24, 2.45) is 0 Å². The molecule has 10 heteroatoms. The van der Waals surface area contributed by atoms with E-state index in [0.717, 1.165) is 12.1 Å². The van der Waals surface area contributed by atoms with Crippen molar-refractivity contribution < 1.29 is 31.5 Å². The van der Waals surface area contributed by atoms with Crippen molar-refractivity contribution in [1.29, 1.82) is 0 Å². The Labute approximate surface area is 143 Å². The third-order valence-electron chi connectivity index (χ3n) is 3.59. The molecule has 0 aliphatic carbocycles. The molecule has 2 rings (SSSR count). The van der Waals surface area contributed by atoms with E-state index in [0.29, 0.717) is 6.42 Å². The summed E-state index contributed by atoms with van der Waals surface area (Å²) in [6, 6.07) is 2.41. The van der Waals surface area contributed by atoms with Crippen LogP contribution in [0.15, 0.2) is 18.2 Å². The summed E-state index contributed by atoms with van der Waals surface area (Å²) in [5.41, 5.74) is 0. The molecule has 1 fully saturated rings. The Morgan fingerprint density at radius 2 is 2.04 bits per heavy atom. The molecule has 1 saturated heterocycles. The first-order valence-corrected chi connectivity index (χ1v) is 9.37. The van der Waals surface area contributed by atoms with Crippen LogP contribution in [0.3, 0.4) is 0 Å². The van der Waals surface area contributed by atoms with Gasteiger partial charge in [-0.2, -0.15) is 0 Å². The van der Waals surface area contributed by atoms with Gasteiger partial charge in [0.25, 0.3) is 5.91 Å². The van der Waals surface area contributed by atoms with Gasteiger partial charge in [0.15, 0.2) is 27.6 Å². The third kappa shape index (κ3) is 5.66. The monoisotopic (exact) mass is 376 g/mol. The minimum Gasteiger partial charge on any atom is -0.481 e. The minimum absolute atomic E-state index is 0.0258. The van der Waals surface area contributed by atoms with Crippen molar-refractivity contribution >= 4 is 21.7 Å². The van der Waals surface area contributed by atoms with Crippen molar-refractivity contribution in [3.8, 4) is 5.75 Å². The normalized spacial score (nSPS) is 19.9. The number of sulfone groups is 1. The SMILES string of the molecule is CC(Oc1ccc(F)c(F)c1)C(=O)NCC(=O)NC1CCS(=O)(=O)C1. The predicted molar refractivity (Wildman–Crippen MR) is 84.7 cm³/mol.